The first-order chi connectivity index (χ1) is 13.2. The summed E-state index contributed by atoms with van der Waals surface area (Å²) >= 11 is 0. The van der Waals surface area contributed by atoms with Gasteiger partial charge in [-0.2, -0.15) is 0 Å². The lowest BCUT2D eigenvalue weighted by atomic mass is 9.83. The zero-order valence-corrected chi connectivity index (χ0v) is 17.3. The zero-order chi connectivity index (χ0) is 19.5. The van der Waals surface area contributed by atoms with Crippen molar-refractivity contribution in [2.75, 3.05) is 41.0 Å². The Kier molecular flexibility index (Phi) is 8.72. The second kappa shape index (κ2) is 11.0. The fraction of sp³-hybridized carbons (Fsp3) is 0.667. The van der Waals surface area contributed by atoms with Crippen molar-refractivity contribution >= 4 is 5.96 Å². The van der Waals surface area contributed by atoms with Gasteiger partial charge in [0.15, 0.2) is 17.5 Å². The molecule has 6 heteroatoms. The average molecular weight is 378 g/mol. The van der Waals surface area contributed by atoms with Crippen LogP contribution in [-0.4, -0.2) is 47.0 Å². The quantitative estimate of drug-likeness (QED) is 0.372. The maximum Gasteiger partial charge on any atom is 0.191 e. The van der Waals surface area contributed by atoms with Gasteiger partial charge in [-0.05, 0) is 49.3 Å². The molecule has 152 valence electrons. The molecule has 1 fully saturated rings. The molecule has 0 radical (unpaired) electrons. The lowest BCUT2D eigenvalue weighted by Gasteiger charge is -2.30. The first kappa shape index (κ1) is 21.4. The minimum Gasteiger partial charge on any atom is -0.493 e. The summed E-state index contributed by atoms with van der Waals surface area (Å²) in [5.41, 5.74) is 1.44. The Morgan fingerprint density at radius 3 is 2.48 bits per heavy atom. The molecule has 0 bridgehead atoms. The van der Waals surface area contributed by atoms with Crippen LogP contribution in [-0.2, 0) is 11.3 Å². The fourth-order valence-corrected chi connectivity index (χ4v) is 3.74. The van der Waals surface area contributed by atoms with E-state index in [1.54, 1.807) is 14.2 Å². The van der Waals surface area contributed by atoms with Gasteiger partial charge in [0.1, 0.15) is 0 Å². The summed E-state index contributed by atoms with van der Waals surface area (Å²) in [6, 6.07) is 5.94. The van der Waals surface area contributed by atoms with E-state index in [1.807, 2.05) is 25.2 Å². The third-order valence-electron chi connectivity index (χ3n) is 5.41. The monoisotopic (exact) mass is 377 g/mol. The minimum atomic E-state index is 0.329. The van der Waals surface area contributed by atoms with Gasteiger partial charge >= 0.3 is 0 Å². The van der Waals surface area contributed by atoms with Crippen molar-refractivity contribution in [3.05, 3.63) is 23.8 Å². The highest BCUT2D eigenvalue weighted by Crippen LogP contribution is 2.40. The van der Waals surface area contributed by atoms with Crippen LogP contribution in [0.5, 0.6) is 11.5 Å². The average Bonchev–Trinajstić information content (AvgIpc) is 3.17. The summed E-state index contributed by atoms with van der Waals surface area (Å²) in [5.74, 6) is 2.30. The van der Waals surface area contributed by atoms with Crippen molar-refractivity contribution in [1.82, 2.24) is 10.6 Å². The molecule has 6 nitrogen and oxygen atoms in total. The second-order valence-electron chi connectivity index (χ2n) is 7.12. The molecule has 0 aliphatic heterocycles. The van der Waals surface area contributed by atoms with Crippen LogP contribution in [0.4, 0.5) is 0 Å². The molecule has 0 spiro atoms. The number of hydrogen-bond acceptors (Lipinski definition) is 4. The highest BCUT2D eigenvalue weighted by atomic mass is 16.5. The van der Waals surface area contributed by atoms with Gasteiger partial charge in [-0.15, -0.1) is 0 Å². The molecule has 2 N–H and O–H groups in total. The van der Waals surface area contributed by atoms with Gasteiger partial charge in [-0.25, -0.2) is 0 Å². The topological polar surface area (TPSA) is 64.1 Å². The Balaban J connectivity index is 1.88. The summed E-state index contributed by atoms with van der Waals surface area (Å²) in [4.78, 5) is 4.38. The summed E-state index contributed by atoms with van der Waals surface area (Å²) in [6.07, 6.45) is 6.26. The minimum absolute atomic E-state index is 0.329. The van der Waals surface area contributed by atoms with E-state index in [0.717, 1.165) is 49.2 Å². The lowest BCUT2D eigenvalue weighted by Crippen LogP contribution is -2.43. The van der Waals surface area contributed by atoms with Crippen LogP contribution in [0.1, 0.15) is 44.6 Å². The van der Waals surface area contributed by atoms with Crippen molar-refractivity contribution in [1.29, 1.82) is 0 Å². The van der Waals surface area contributed by atoms with E-state index < -0.39 is 0 Å². The zero-order valence-electron chi connectivity index (χ0n) is 17.3. The Hall–Kier alpha value is -1.95. The molecule has 0 unspecified atom stereocenters. The van der Waals surface area contributed by atoms with Gasteiger partial charge in [0.2, 0.25) is 0 Å². The molecule has 0 amide bonds. The maximum atomic E-state index is 5.60. The molecule has 27 heavy (non-hydrogen) atoms. The third kappa shape index (κ3) is 6.31. The Bertz CT molecular complexity index is 598. The van der Waals surface area contributed by atoms with Crippen molar-refractivity contribution in [3.63, 3.8) is 0 Å². The van der Waals surface area contributed by atoms with E-state index >= 15 is 0 Å². The molecular weight excluding hydrogens is 342 g/mol. The molecular formula is C21H35N3O3. The summed E-state index contributed by atoms with van der Waals surface area (Å²) in [5, 5.41) is 6.92. The van der Waals surface area contributed by atoms with Gasteiger partial charge in [0.05, 0.1) is 14.2 Å². The van der Waals surface area contributed by atoms with Crippen molar-refractivity contribution in [2.45, 2.75) is 45.6 Å². The highest BCUT2D eigenvalue weighted by molar-refractivity contribution is 5.79. The number of benzene rings is 1. The van der Waals surface area contributed by atoms with E-state index in [0.29, 0.717) is 12.0 Å². The number of nitrogens with one attached hydrogen (secondary N) is 2. The largest absolute Gasteiger partial charge is 0.493 e. The number of methoxy groups -OCH3 is 2. The van der Waals surface area contributed by atoms with Gasteiger partial charge in [0.25, 0.3) is 0 Å². The summed E-state index contributed by atoms with van der Waals surface area (Å²) in [7, 11) is 5.11. The van der Waals surface area contributed by atoms with Crippen LogP contribution in [0.2, 0.25) is 0 Å². The van der Waals surface area contributed by atoms with E-state index in [4.69, 9.17) is 14.2 Å². The fourth-order valence-electron chi connectivity index (χ4n) is 3.74. The third-order valence-corrected chi connectivity index (χ3v) is 5.41. The van der Waals surface area contributed by atoms with Crippen LogP contribution < -0.4 is 20.1 Å². The first-order valence-electron chi connectivity index (χ1n) is 9.89. The number of guanidine groups is 1. The molecule has 0 atom stereocenters. The molecule has 1 aliphatic rings. The van der Waals surface area contributed by atoms with Crippen LogP contribution in [0, 0.1) is 5.41 Å². The molecule has 0 aromatic heterocycles. The van der Waals surface area contributed by atoms with Gasteiger partial charge in [0, 0.05) is 33.4 Å². The molecule has 2 rings (SSSR count). The Morgan fingerprint density at radius 1 is 1.11 bits per heavy atom. The number of ether oxygens (including phenoxy) is 3. The molecule has 1 saturated carbocycles. The molecule has 1 aliphatic carbocycles. The second-order valence-corrected chi connectivity index (χ2v) is 7.12. The normalized spacial score (nSPS) is 16.2. The van der Waals surface area contributed by atoms with Gasteiger partial charge < -0.3 is 24.8 Å². The van der Waals surface area contributed by atoms with E-state index in [-0.39, 0.29) is 0 Å². The summed E-state index contributed by atoms with van der Waals surface area (Å²) < 4.78 is 16.3. The van der Waals surface area contributed by atoms with E-state index in [2.05, 4.69) is 22.5 Å². The lowest BCUT2D eigenvalue weighted by molar-refractivity contribution is 0.105. The predicted molar refractivity (Wildman–Crippen MR) is 110 cm³/mol. The molecule has 0 heterocycles. The molecule has 0 saturated heterocycles. The molecule has 1 aromatic rings. The highest BCUT2D eigenvalue weighted by Gasteiger charge is 2.33. The number of aliphatic imine (C=N–C) groups is 1. The predicted octanol–water partition coefficient (Wildman–Crippen LogP) is 3.36. The molecule has 1 aromatic carbocycles. The number of hydrogen-bond donors (Lipinski definition) is 2. The number of rotatable bonds is 10. The first-order valence-corrected chi connectivity index (χ1v) is 9.89. The Morgan fingerprint density at radius 2 is 1.85 bits per heavy atom. The number of nitrogens with zero attached hydrogens (tertiary/aromatic N) is 1. The van der Waals surface area contributed by atoms with Gasteiger partial charge in [-0.1, -0.05) is 18.9 Å². The Labute approximate surface area is 163 Å². The SMILES string of the molecule is CCOCCC1(CNC(=NC)NCc2ccc(OC)c(OC)c2)CCCC1. The van der Waals surface area contributed by atoms with Crippen molar-refractivity contribution < 1.29 is 14.2 Å². The van der Waals surface area contributed by atoms with E-state index in [9.17, 15) is 0 Å². The van der Waals surface area contributed by atoms with Crippen LogP contribution >= 0.6 is 0 Å². The van der Waals surface area contributed by atoms with Crippen molar-refractivity contribution in [3.8, 4) is 11.5 Å². The van der Waals surface area contributed by atoms with Crippen molar-refractivity contribution in [2.24, 2.45) is 10.4 Å². The summed E-state index contributed by atoms with van der Waals surface area (Å²) in [6.45, 7) is 5.30. The van der Waals surface area contributed by atoms with Crippen LogP contribution in [0.15, 0.2) is 23.2 Å². The maximum absolute atomic E-state index is 5.60. The smallest absolute Gasteiger partial charge is 0.191 e. The standard InChI is InChI=1S/C21H35N3O3/c1-5-27-13-12-21(10-6-7-11-21)16-24-20(22-2)23-15-17-8-9-18(25-3)19(14-17)26-4/h8-9,14H,5-7,10-13,15-16H2,1-4H3,(H2,22,23,24). The van der Waals surface area contributed by atoms with E-state index in [1.165, 1.54) is 25.7 Å². The van der Waals surface area contributed by atoms with Crippen LogP contribution in [0.3, 0.4) is 0 Å². The van der Waals surface area contributed by atoms with Crippen LogP contribution in [0.25, 0.3) is 0 Å². The van der Waals surface area contributed by atoms with Gasteiger partial charge in [-0.3, -0.25) is 4.99 Å².